The molecule has 1 aliphatic rings. The molecule has 0 saturated heterocycles. The van der Waals surface area contributed by atoms with Crippen LogP contribution in [0.1, 0.15) is 67.5 Å². The Morgan fingerprint density at radius 2 is 1.69 bits per heavy atom. The van der Waals surface area contributed by atoms with Crippen molar-refractivity contribution in [1.82, 2.24) is 4.98 Å². The lowest BCUT2D eigenvalue weighted by Gasteiger charge is -2.11. The minimum Gasteiger partial charge on any atom is -0.258 e. The Balaban J connectivity index is 1.47. The summed E-state index contributed by atoms with van der Waals surface area (Å²) in [5.41, 5.74) is 5.59. The van der Waals surface area contributed by atoms with Crippen LogP contribution in [0.2, 0.25) is 0 Å². The van der Waals surface area contributed by atoms with Crippen LogP contribution in [0.4, 0.5) is 0 Å². The quantitative estimate of drug-likeness (QED) is 0.418. The number of aryl methyl sites for hydroxylation is 3. The number of fused-ring (bicyclic) bond motifs is 1. The summed E-state index contributed by atoms with van der Waals surface area (Å²) in [5, 5.41) is 2.66. The zero-order chi connectivity index (χ0) is 17.8. The number of benzene rings is 2. The van der Waals surface area contributed by atoms with Crippen molar-refractivity contribution < 1.29 is 0 Å². The van der Waals surface area contributed by atoms with Crippen LogP contribution in [0, 0.1) is 0 Å². The van der Waals surface area contributed by atoms with Crippen LogP contribution in [-0.4, -0.2) is 4.98 Å². The fraction of sp³-hybridized carbons (Fsp3) is 0.400. The van der Waals surface area contributed by atoms with E-state index in [1.807, 2.05) is 0 Å². The van der Waals surface area contributed by atoms with E-state index in [1.54, 1.807) is 0 Å². The molecule has 2 aromatic carbocycles. The van der Waals surface area contributed by atoms with Crippen LogP contribution in [-0.2, 0) is 19.3 Å². The summed E-state index contributed by atoms with van der Waals surface area (Å²) in [6.45, 7) is 2.27. The van der Waals surface area contributed by atoms with E-state index in [1.165, 1.54) is 65.4 Å². The normalized spacial score (nSPS) is 14.0. The molecule has 3 aromatic rings. The van der Waals surface area contributed by atoms with Crippen LogP contribution >= 0.6 is 0 Å². The third kappa shape index (κ3) is 4.15. The van der Waals surface area contributed by atoms with Gasteiger partial charge in [0.25, 0.3) is 0 Å². The Kier molecular flexibility index (Phi) is 5.34. The van der Waals surface area contributed by atoms with Gasteiger partial charge in [-0.25, -0.2) is 0 Å². The number of hydrogen-bond donors (Lipinski definition) is 0. The highest BCUT2D eigenvalue weighted by Crippen LogP contribution is 2.41. The van der Waals surface area contributed by atoms with E-state index in [0.29, 0.717) is 0 Å². The number of nitrogens with zero attached hydrogens (tertiary/aromatic N) is 1. The Morgan fingerprint density at radius 1 is 0.846 bits per heavy atom. The molecule has 1 nitrogen and oxygen atoms in total. The topological polar surface area (TPSA) is 12.9 Å². The standard InChI is InChI=1S/C25H29N/c1-2-3-4-9-25-24(21-13-14-21)17-16-23(26-25)15-11-19-10-12-20-7-5-6-8-22(20)18-19/h5-8,10,12,16-18,21H,2-4,9,11,13-15H2,1H3. The van der Waals surface area contributed by atoms with Crippen molar-refractivity contribution in [2.24, 2.45) is 0 Å². The van der Waals surface area contributed by atoms with Gasteiger partial charge in [-0.3, -0.25) is 4.98 Å². The summed E-state index contributed by atoms with van der Waals surface area (Å²) in [4.78, 5) is 5.08. The molecule has 0 radical (unpaired) electrons. The Bertz CT molecular complexity index is 876. The highest BCUT2D eigenvalue weighted by atomic mass is 14.7. The third-order valence-electron chi connectivity index (χ3n) is 5.59. The Hall–Kier alpha value is -2.15. The molecule has 1 saturated carbocycles. The van der Waals surface area contributed by atoms with Crippen molar-refractivity contribution in [3.05, 3.63) is 77.1 Å². The molecule has 1 aromatic heterocycles. The predicted molar refractivity (Wildman–Crippen MR) is 111 cm³/mol. The van der Waals surface area contributed by atoms with Crippen LogP contribution in [0.3, 0.4) is 0 Å². The highest BCUT2D eigenvalue weighted by Gasteiger charge is 2.26. The fourth-order valence-electron chi connectivity index (χ4n) is 3.87. The van der Waals surface area contributed by atoms with E-state index >= 15 is 0 Å². The smallest absolute Gasteiger partial charge is 0.0441 e. The van der Waals surface area contributed by atoms with Crippen molar-refractivity contribution in [3.8, 4) is 0 Å². The molecule has 1 heteroatoms. The molecular weight excluding hydrogens is 314 g/mol. The molecule has 4 rings (SSSR count). The molecular formula is C25H29N. The van der Waals surface area contributed by atoms with Gasteiger partial charge in [0, 0.05) is 11.4 Å². The number of aromatic nitrogens is 1. The zero-order valence-electron chi connectivity index (χ0n) is 15.9. The first-order valence-electron chi connectivity index (χ1n) is 10.3. The van der Waals surface area contributed by atoms with E-state index in [4.69, 9.17) is 4.98 Å². The van der Waals surface area contributed by atoms with Crippen LogP contribution in [0.5, 0.6) is 0 Å². The molecule has 0 N–H and O–H groups in total. The molecule has 0 amide bonds. The van der Waals surface area contributed by atoms with Gasteiger partial charge in [-0.05, 0) is 72.4 Å². The first-order valence-corrected chi connectivity index (χ1v) is 10.3. The van der Waals surface area contributed by atoms with Gasteiger partial charge in [0.2, 0.25) is 0 Å². The summed E-state index contributed by atoms with van der Waals surface area (Å²) in [6, 6.07) is 20.1. The lowest BCUT2D eigenvalue weighted by molar-refractivity contribution is 0.697. The molecule has 1 aliphatic carbocycles. The minimum atomic E-state index is 0.800. The van der Waals surface area contributed by atoms with E-state index in [2.05, 4.69) is 61.5 Å². The molecule has 0 unspecified atom stereocenters. The van der Waals surface area contributed by atoms with E-state index in [9.17, 15) is 0 Å². The summed E-state index contributed by atoms with van der Waals surface area (Å²) in [6.07, 6.45) is 9.84. The number of hydrogen-bond acceptors (Lipinski definition) is 1. The average molecular weight is 344 g/mol. The monoisotopic (exact) mass is 343 g/mol. The molecule has 1 heterocycles. The van der Waals surface area contributed by atoms with Gasteiger partial charge >= 0.3 is 0 Å². The van der Waals surface area contributed by atoms with Crippen LogP contribution < -0.4 is 0 Å². The number of unbranched alkanes of at least 4 members (excludes halogenated alkanes) is 2. The van der Waals surface area contributed by atoms with Gasteiger partial charge in [-0.1, -0.05) is 68.3 Å². The molecule has 0 spiro atoms. The highest BCUT2D eigenvalue weighted by molar-refractivity contribution is 5.82. The molecule has 1 fully saturated rings. The maximum absolute atomic E-state index is 5.08. The summed E-state index contributed by atoms with van der Waals surface area (Å²) in [5.74, 6) is 0.800. The summed E-state index contributed by atoms with van der Waals surface area (Å²) in [7, 11) is 0. The molecule has 134 valence electrons. The average Bonchev–Trinajstić information content (AvgIpc) is 3.52. The second-order valence-electron chi connectivity index (χ2n) is 7.75. The molecule has 0 aliphatic heterocycles. The summed E-state index contributed by atoms with van der Waals surface area (Å²) >= 11 is 0. The Morgan fingerprint density at radius 3 is 2.50 bits per heavy atom. The fourth-order valence-corrected chi connectivity index (χ4v) is 3.87. The Labute approximate surface area is 157 Å². The molecule has 0 bridgehead atoms. The van der Waals surface area contributed by atoms with Gasteiger partial charge in [0.1, 0.15) is 0 Å². The number of pyridine rings is 1. The van der Waals surface area contributed by atoms with Gasteiger partial charge in [-0.2, -0.15) is 0 Å². The SMILES string of the molecule is CCCCCc1nc(CCc2ccc3ccccc3c2)ccc1C1CC1. The maximum atomic E-state index is 5.08. The van der Waals surface area contributed by atoms with Crippen molar-refractivity contribution in [2.45, 2.75) is 64.2 Å². The predicted octanol–water partition coefficient (Wildman–Crippen LogP) is 6.63. The first kappa shape index (κ1) is 17.3. The number of rotatable bonds is 8. The second kappa shape index (κ2) is 8.03. The molecule has 26 heavy (non-hydrogen) atoms. The zero-order valence-corrected chi connectivity index (χ0v) is 15.9. The van der Waals surface area contributed by atoms with Crippen molar-refractivity contribution in [3.63, 3.8) is 0 Å². The van der Waals surface area contributed by atoms with Gasteiger partial charge < -0.3 is 0 Å². The van der Waals surface area contributed by atoms with Gasteiger partial charge in [0.15, 0.2) is 0 Å². The maximum Gasteiger partial charge on any atom is 0.0441 e. The largest absolute Gasteiger partial charge is 0.258 e. The minimum absolute atomic E-state index is 0.800. The summed E-state index contributed by atoms with van der Waals surface area (Å²) < 4.78 is 0. The molecule has 0 atom stereocenters. The van der Waals surface area contributed by atoms with Crippen LogP contribution in [0.25, 0.3) is 10.8 Å². The lowest BCUT2D eigenvalue weighted by atomic mass is 10.0. The van der Waals surface area contributed by atoms with E-state index in [0.717, 1.165) is 25.2 Å². The van der Waals surface area contributed by atoms with Crippen molar-refractivity contribution in [2.75, 3.05) is 0 Å². The van der Waals surface area contributed by atoms with Crippen LogP contribution in [0.15, 0.2) is 54.6 Å². The van der Waals surface area contributed by atoms with Crippen molar-refractivity contribution in [1.29, 1.82) is 0 Å². The second-order valence-corrected chi connectivity index (χ2v) is 7.75. The van der Waals surface area contributed by atoms with E-state index < -0.39 is 0 Å². The van der Waals surface area contributed by atoms with Crippen molar-refractivity contribution >= 4 is 10.8 Å². The lowest BCUT2D eigenvalue weighted by Crippen LogP contribution is -2.02. The van der Waals surface area contributed by atoms with Gasteiger partial charge in [0.05, 0.1) is 0 Å². The van der Waals surface area contributed by atoms with E-state index in [-0.39, 0.29) is 0 Å². The third-order valence-corrected chi connectivity index (χ3v) is 5.59. The van der Waals surface area contributed by atoms with Gasteiger partial charge in [-0.15, -0.1) is 0 Å². The first-order chi connectivity index (χ1) is 12.8.